The van der Waals surface area contributed by atoms with E-state index in [0.717, 1.165) is 17.0 Å². The highest BCUT2D eigenvalue weighted by Crippen LogP contribution is 2.16. The van der Waals surface area contributed by atoms with E-state index in [1.54, 1.807) is 13.8 Å². The van der Waals surface area contributed by atoms with Crippen LogP contribution < -0.4 is 16.2 Å². The molecule has 0 radical (unpaired) electrons. The average Bonchev–Trinajstić information content (AvgIpc) is 2.48. The van der Waals surface area contributed by atoms with E-state index in [-0.39, 0.29) is 22.6 Å². The predicted molar refractivity (Wildman–Crippen MR) is 84.5 cm³/mol. The summed E-state index contributed by atoms with van der Waals surface area (Å²) in [6.45, 7) is 3.03. The number of hydrogen-bond donors (Lipinski definition) is 2. The van der Waals surface area contributed by atoms with E-state index in [4.69, 9.17) is 0 Å². The van der Waals surface area contributed by atoms with Gasteiger partial charge in [-0.1, -0.05) is 0 Å². The van der Waals surface area contributed by atoms with Gasteiger partial charge in [-0.3, -0.25) is 29.6 Å². The number of urea groups is 1. The maximum Gasteiger partial charge on any atom is 0.321 e. The number of hydrogen-bond acceptors (Lipinski definition) is 6. The van der Waals surface area contributed by atoms with E-state index in [9.17, 15) is 24.5 Å². The van der Waals surface area contributed by atoms with Gasteiger partial charge in [-0.15, -0.1) is 0 Å². The van der Waals surface area contributed by atoms with Gasteiger partial charge in [-0.2, -0.15) is 0 Å². The van der Waals surface area contributed by atoms with Crippen LogP contribution in [0.2, 0.25) is 0 Å². The van der Waals surface area contributed by atoms with Crippen molar-refractivity contribution in [3.05, 3.63) is 45.0 Å². The molecule has 10 heteroatoms. The van der Waals surface area contributed by atoms with E-state index in [0.29, 0.717) is 0 Å². The standard InChI is InChI=1S/C14H15N5O5/c1-8(2)16-14(22)17-12(20)6-18-7-15-11-4-3-9(19(23)24)5-10(11)13(18)21/h3-5,7-8H,6H2,1-2H3,(H2,16,17,20,22). The number of rotatable bonds is 4. The Morgan fingerprint density at radius 3 is 2.71 bits per heavy atom. The molecule has 0 spiro atoms. The fraction of sp³-hybridized carbons (Fsp3) is 0.286. The van der Waals surface area contributed by atoms with Crippen molar-refractivity contribution in [1.82, 2.24) is 20.2 Å². The van der Waals surface area contributed by atoms with Gasteiger partial charge in [0, 0.05) is 18.2 Å². The number of fused-ring (bicyclic) bond motifs is 1. The first-order valence-corrected chi connectivity index (χ1v) is 7.02. The summed E-state index contributed by atoms with van der Waals surface area (Å²) in [5, 5.41) is 15.4. The van der Waals surface area contributed by atoms with Crippen molar-refractivity contribution < 1.29 is 14.5 Å². The molecule has 0 atom stereocenters. The van der Waals surface area contributed by atoms with Crippen LogP contribution in [0.3, 0.4) is 0 Å². The highest BCUT2D eigenvalue weighted by atomic mass is 16.6. The summed E-state index contributed by atoms with van der Waals surface area (Å²) in [5.41, 5.74) is -0.581. The first kappa shape index (κ1) is 17.1. The molecule has 24 heavy (non-hydrogen) atoms. The van der Waals surface area contributed by atoms with Gasteiger partial charge in [0.25, 0.3) is 11.2 Å². The summed E-state index contributed by atoms with van der Waals surface area (Å²) in [6.07, 6.45) is 1.15. The Morgan fingerprint density at radius 1 is 1.38 bits per heavy atom. The number of nitro groups is 1. The molecule has 1 aromatic heterocycles. The van der Waals surface area contributed by atoms with Crippen molar-refractivity contribution in [3.63, 3.8) is 0 Å². The van der Waals surface area contributed by atoms with Gasteiger partial charge in [0.1, 0.15) is 6.54 Å². The minimum atomic E-state index is -0.707. The Morgan fingerprint density at radius 2 is 2.08 bits per heavy atom. The Bertz CT molecular complexity index is 873. The third-order valence-corrected chi connectivity index (χ3v) is 3.01. The number of nitrogens with one attached hydrogen (secondary N) is 2. The lowest BCUT2D eigenvalue weighted by Crippen LogP contribution is -2.44. The fourth-order valence-corrected chi connectivity index (χ4v) is 1.99. The fourth-order valence-electron chi connectivity index (χ4n) is 1.99. The number of nitro benzene ring substituents is 1. The van der Waals surface area contributed by atoms with E-state index in [1.165, 1.54) is 12.1 Å². The number of amides is 3. The van der Waals surface area contributed by atoms with Crippen LogP contribution in [-0.2, 0) is 11.3 Å². The minimum absolute atomic E-state index is 0.0196. The molecule has 0 bridgehead atoms. The molecule has 1 aromatic carbocycles. The molecule has 0 aliphatic rings. The van der Waals surface area contributed by atoms with Crippen LogP contribution in [0.4, 0.5) is 10.5 Å². The molecule has 0 saturated carbocycles. The number of non-ortho nitro benzene ring substituents is 1. The van der Waals surface area contributed by atoms with Crippen LogP contribution in [0, 0.1) is 10.1 Å². The van der Waals surface area contributed by atoms with Crippen LogP contribution >= 0.6 is 0 Å². The second-order valence-electron chi connectivity index (χ2n) is 5.31. The summed E-state index contributed by atoms with van der Waals surface area (Å²) in [7, 11) is 0. The molecule has 2 N–H and O–H groups in total. The lowest BCUT2D eigenvalue weighted by molar-refractivity contribution is -0.384. The molecule has 126 valence electrons. The lowest BCUT2D eigenvalue weighted by atomic mass is 10.2. The predicted octanol–water partition coefficient (Wildman–Crippen LogP) is 0.539. The molecule has 0 aliphatic heterocycles. The molecular weight excluding hydrogens is 318 g/mol. The molecule has 2 aromatic rings. The number of carbonyl (C=O) groups excluding carboxylic acids is 2. The molecule has 10 nitrogen and oxygen atoms in total. The maximum absolute atomic E-state index is 12.3. The van der Waals surface area contributed by atoms with Gasteiger partial charge in [0.05, 0.1) is 22.2 Å². The summed E-state index contributed by atoms with van der Waals surface area (Å²) >= 11 is 0. The summed E-state index contributed by atoms with van der Waals surface area (Å²) in [4.78, 5) is 49.7. The number of nitrogens with zero attached hydrogens (tertiary/aromatic N) is 3. The summed E-state index contributed by atoms with van der Waals surface area (Å²) < 4.78 is 0.976. The van der Waals surface area contributed by atoms with Gasteiger partial charge in [-0.25, -0.2) is 9.78 Å². The Hall–Kier alpha value is -3.30. The molecule has 0 aliphatic carbocycles. The minimum Gasteiger partial charge on any atom is -0.336 e. The largest absolute Gasteiger partial charge is 0.336 e. The zero-order valence-electron chi connectivity index (χ0n) is 13.0. The molecule has 0 unspecified atom stereocenters. The van der Waals surface area contributed by atoms with E-state index in [1.807, 2.05) is 0 Å². The Kier molecular flexibility index (Phi) is 4.87. The van der Waals surface area contributed by atoms with E-state index in [2.05, 4.69) is 15.6 Å². The normalized spacial score (nSPS) is 10.6. The van der Waals surface area contributed by atoms with Crippen molar-refractivity contribution >= 4 is 28.5 Å². The number of benzene rings is 1. The highest BCUT2D eigenvalue weighted by molar-refractivity contribution is 5.94. The van der Waals surface area contributed by atoms with Gasteiger partial charge in [0.15, 0.2) is 0 Å². The van der Waals surface area contributed by atoms with Crippen LogP contribution in [0.1, 0.15) is 13.8 Å². The van der Waals surface area contributed by atoms with Crippen molar-refractivity contribution in [3.8, 4) is 0 Å². The Labute approximate surface area is 135 Å². The third kappa shape index (κ3) is 3.91. The molecule has 0 saturated heterocycles. The van der Waals surface area contributed by atoms with Crippen LogP contribution in [-0.4, -0.2) is 32.5 Å². The smallest absolute Gasteiger partial charge is 0.321 e. The average molecular weight is 333 g/mol. The lowest BCUT2D eigenvalue weighted by Gasteiger charge is -2.10. The Balaban J connectivity index is 2.25. The SMILES string of the molecule is CC(C)NC(=O)NC(=O)Cn1cnc2ccc([N+](=O)[O-])cc2c1=O. The number of carbonyl (C=O) groups is 2. The van der Waals surface area contributed by atoms with Crippen molar-refractivity contribution in [1.29, 1.82) is 0 Å². The van der Waals surface area contributed by atoms with E-state index < -0.39 is 29.0 Å². The monoisotopic (exact) mass is 333 g/mol. The molecular formula is C14H15N5O5. The van der Waals surface area contributed by atoms with Gasteiger partial charge in [0.2, 0.25) is 5.91 Å². The van der Waals surface area contributed by atoms with Gasteiger partial charge < -0.3 is 5.32 Å². The quantitative estimate of drug-likeness (QED) is 0.619. The molecule has 2 rings (SSSR count). The van der Waals surface area contributed by atoms with Crippen molar-refractivity contribution in [2.75, 3.05) is 0 Å². The zero-order valence-corrected chi connectivity index (χ0v) is 13.0. The van der Waals surface area contributed by atoms with Crippen molar-refractivity contribution in [2.24, 2.45) is 0 Å². The topological polar surface area (TPSA) is 136 Å². The van der Waals surface area contributed by atoms with Gasteiger partial charge in [-0.05, 0) is 19.9 Å². The molecule has 3 amide bonds. The number of aromatic nitrogens is 2. The summed E-state index contributed by atoms with van der Waals surface area (Å²) in [5.74, 6) is -0.707. The third-order valence-electron chi connectivity index (χ3n) is 3.01. The second kappa shape index (κ2) is 6.86. The van der Waals surface area contributed by atoms with Crippen LogP contribution in [0.5, 0.6) is 0 Å². The maximum atomic E-state index is 12.3. The molecule has 1 heterocycles. The van der Waals surface area contributed by atoms with Crippen molar-refractivity contribution in [2.45, 2.75) is 26.4 Å². The summed E-state index contributed by atoms with van der Waals surface area (Å²) in [6, 6.07) is 2.87. The number of imide groups is 1. The first-order chi connectivity index (χ1) is 11.3. The van der Waals surface area contributed by atoms with E-state index >= 15 is 0 Å². The highest BCUT2D eigenvalue weighted by Gasteiger charge is 2.14. The van der Waals surface area contributed by atoms with Crippen LogP contribution in [0.15, 0.2) is 29.3 Å². The second-order valence-corrected chi connectivity index (χ2v) is 5.31. The molecule has 0 fully saturated rings. The van der Waals surface area contributed by atoms with Gasteiger partial charge >= 0.3 is 6.03 Å². The first-order valence-electron chi connectivity index (χ1n) is 7.02. The van der Waals surface area contributed by atoms with Crippen LogP contribution in [0.25, 0.3) is 10.9 Å². The zero-order chi connectivity index (χ0) is 17.9.